The Balaban J connectivity index is 2.26. The summed E-state index contributed by atoms with van der Waals surface area (Å²) >= 11 is 0. The first-order valence-electron chi connectivity index (χ1n) is 5.84. The van der Waals surface area contributed by atoms with Crippen molar-refractivity contribution in [1.82, 2.24) is 9.61 Å². The van der Waals surface area contributed by atoms with E-state index >= 15 is 0 Å². The molecule has 2 aromatic heterocycles. The Morgan fingerprint density at radius 1 is 1.22 bits per heavy atom. The highest BCUT2D eigenvalue weighted by Gasteiger charge is 2.14. The van der Waals surface area contributed by atoms with E-state index in [-0.39, 0.29) is 5.97 Å². The molecule has 0 N–H and O–H groups in total. The van der Waals surface area contributed by atoms with E-state index in [9.17, 15) is 4.79 Å². The molecule has 3 rings (SSSR count). The Morgan fingerprint density at radius 3 is 2.89 bits per heavy atom. The molecule has 4 heteroatoms. The summed E-state index contributed by atoms with van der Waals surface area (Å²) in [5.74, 6) is -0.331. The maximum atomic E-state index is 11.8. The van der Waals surface area contributed by atoms with E-state index in [0.717, 1.165) is 16.4 Å². The zero-order valence-corrected chi connectivity index (χ0v) is 9.96. The number of para-hydroxylation sites is 1. The second-order valence-corrected chi connectivity index (χ2v) is 3.97. The third kappa shape index (κ3) is 1.54. The average molecular weight is 240 g/mol. The first-order valence-corrected chi connectivity index (χ1v) is 5.84. The zero-order valence-electron chi connectivity index (χ0n) is 9.96. The van der Waals surface area contributed by atoms with Crippen LogP contribution in [0.1, 0.15) is 17.3 Å². The molecule has 0 radical (unpaired) electrons. The van der Waals surface area contributed by atoms with Crippen LogP contribution in [0.15, 0.2) is 42.6 Å². The van der Waals surface area contributed by atoms with E-state index < -0.39 is 0 Å². The number of nitrogens with zero attached hydrogens (tertiary/aromatic N) is 2. The Labute approximate surface area is 104 Å². The summed E-state index contributed by atoms with van der Waals surface area (Å²) < 4.78 is 6.78. The molecule has 3 aromatic rings. The Hall–Kier alpha value is -2.36. The third-order valence-electron chi connectivity index (χ3n) is 2.89. The summed E-state index contributed by atoms with van der Waals surface area (Å²) in [6.07, 6.45) is 1.56. The fraction of sp³-hybridized carbons (Fsp3) is 0.143. The van der Waals surface area contributed by atoms with Crippen LogP contribution in [0.2, 0.25) is 0 Å². The van der Waals surface area contributed by atoms with Crippen molar-refractivity contribution in [2.24, 2.45) is 0 Å². The molecule has 0 aliphatic heterocycles. The number of carbonyl (C=O) groups excluding carboxylic acids is 1. The van der Waals surface area contributed by atoms with Crippen molar-refractivity contribution in [3.05, 3.63) is 48.2 Å². The number of pyridine rings is 1. The van der Waals surface area contributed by atoms with E-state index in [1.807, 2.05) is 36.4 Å². The second kappa shape index (κ2) is 4.14. The van der Waals surface area contributed by atoms with Gasteiger partial charge in [-0.3, -0.25) is 0 Å². The van der Waals surface area contributed by atoms with Crippen molar-refractivity contribution < 1.29 is 9.53 Å². The predicted molar refractivity (Wildman–Crippen MR) is 68.7 cm³/mol. The minimum atomic E-state index is -0.331. The normalized spacial score (nSPS) is 10.9. The van der Waals surface area contributed by atoms with E-state index in [0.29, 0.717) is 12.2 Å². The molecule has 1 aromatic carbocycles. The van der Waals surface area contributed by atoms with Gasteiger partial charge in [0.05, 0.1) is 23.8 Å². The molecule has 0 bridgehead atoms. The highest BCUT2D eigenvalue weighted by atomic mass is 16.5. The molecule has 0 saturated heterocycles. The smallest absolute Gasteiger partial charge is 0.341 e. The minimum Gasteiger partial charge on any atom is -0.462 e. The highest BCUT2D eigenvalue weighted by Crippen LogP contribution is 2.19. The second-order valence-electron chi connectivity index (χ2n) is 3.97. The molecule has 0 unspecified atom stereocenters. The number of hydrogen-bond donors (Lipinski definition) is 0. The first-order chi connectivity index (χ1) is 8.81. The van der Waals surface area contributed by atoms with Crippen LogP contribution in [-0.4, -0.2) is 22.2 Å². The van der Waals surface area contributed by atoms with E-state index in [1.165, 1.54) is 0 Å². The van der Waals surface area contributed by atoms with Gasteiger partial charge in [0.2, 0.25) is 0 Å². The standard InChI is InChI=1S/C14H12N2O2/c1-2-18-14(17)11-9-15-16-12-6-4-3-5-10(12)7-8-13(11)16/h3-9H,2H2,1H3. The molecule has 18 heavy (non-hydrogen) atoms. The van der Waals surface area contributed by atoms with Gasteiger partial charge in [0, 0.05) is 5.39 Å². The van der Waals surface area contributed by atoms with Gasteiger partial charge in [0.1, 0.15) is 5.56 Å². The van der Waals surface area contributed by atoms with Crippen LogP contribution in [-0.2, 0) is 4.74 Å². The van der Waals surface area contributed by atoms with Crippen molar-refractivity contribution in [1.29, 1.82) is 0 Å². The van der Waals surface area contributed by atoms with Gasteiger partial charge in [-0.1, -0.05) is 24.3 Å². The molecular weight excluding hydrogens is 228 g/mol. The van der Waals surface area contributed by atoms with Crippen molar-refractivity contribution >= 4 is 22.4 Å². The maximum Gasteiger partial charge on any atom is 0.341 e. The van der Waals surface area contributed by atoms with Gasteiger partial charge in [-0.2, -0.15) is 5.10 Å². The van der Waals surface area contributed by atoms with Crippen LogP contribution in [0.5, 0.6) is 0 Å². The van der Waals surface area contributed by atoms with Crippen molar-refractivity contribution in [3.8, 4) is 0 Å². The summed E-state index contributed by atoms with van der Waals surface area (Å²) in [7, 11) is 0. The van der Waals surface area contributed by atoms with E-state index in [1.54, 1.807) is 17.6 Å². The van der Waals surface area contributed by atoms with Crippen LogP contribution < -0.4 is 0 Å². The fourth-order valence-electron chi connectivity index (χ4n) is 2.07. The van der Waals surface area contributed by atoms with Gasteiger partial charge in [-0.25, -0.2) is 9.31 Å². The zero-order chi connectivity index (χ0) is 12.5. The monoisotopic (exact) mass is 240 g/mol. The lowest BCUT2D eigenvalue weighted by Crippen LogP contribution is -2.04. The topological polar surface area (TPSA) is 43.6 Å². The molecule has 90 valence electrons. The molecule has 0 spiro atoms. The molecule has 0 amide bonds. The molecule has 0 saturated carbocycles. The number of carbonyl (C=O) groups is 1. The number of hydrogen-bond acceptors (Lipinski definition) is 3. The number of rotatable bonds is 2. The number of ether oxygens (including phenoxy) is 1. The SMILES string of the molecule is CCOC(=O)c1cnn2c1ccc1ccccc12. The minimum absolute atomic E-state index is 0.331. The van der Waals surface area contributed by atoms with Gasteiger partial charge in [0.15, 0.2) is 0 Å². The van der Waals surface area contributed by atoms with Crippen LogP contribution in [0.25, 0.3) is 16.4 Å². The number of esters is 1. The molecule has 0 aliphatic carbocycles. The number of aromatic nitrogens is 2. The Bertz CT molecular complexity index is 731. The van der Waals surface area contributed by atoms with Crippen LogP contribution >= 0.6 is 0 Å². The van der Waals surface area contributed by atoms with Crippen molar-refractivity contribution in [2.75, 3.05) is 6.61 Å². The van der Waals surface area contributed by atoms with Crippen molar-refractivity contribution in [2.45, 2.75) is 6.92 Å². The molecule has 0 fully saturated rings. The summed E-state index contributed by atoms with van der Waals surface area (Å²) in [5, 5.41) is 5.35. The first kappa shape index (κ1) is 10.8. The van der Waals surface area contributed by atoms with Crippen molar-refractivity contribution in [3.63, 3.8) is 0 Å². The Morgan fingerprint density at radius 2 is 2.06 bits per heavy atom. The lowest BCUT2D eigenvalue weighted by Gasteiger charge is -2.02. The summed E-state index contributed by atoms with van der Waals surface area (Å²) in [5.41, 5.74) is 2.25. The third-order valence-corrected chi connectivity index (χ3v) is 2.89. The number of benzene rings is 1. The number of fused-ring (bicyclic) bond motifs is 3. The lowest BCUT2D eigenvalue weighted by atomic mass is 10.2. The van der Waals surface area contributed by atoms with Gasteiger partial charge in [0.25, 0.3) is 0 Å². The molecule has 4 nitrogen and oxygen atoms in total. The summed E-state index contributed by atoms with van der Waals surface area (Å²) in [6.45, 7) is 2.16. The summed E-state index contributed by atoms with van der Waals surface area (Å²) in [4.78, 5) is 11.8. The largest absolute Gasteiger partial charge is 0.462 e. The van der Waals surface area contributed by atoms with Crippen LogP contribution in [0.4, 0.5) is 0 Å². The van der Waals surface area contributed by atoms with E-state index in [4.69, 9.17) is 4.74 Å². The average Bonchev–Trinajstić information content (AvgIpc) is 2.83. The van der Waals surface area contributed by atoms with Gasteiger partial charge >= 0.3 is 5.97 Å². The molecule has 0 aliphatic rings. The fourth-order valence-corrected chi connectivity index (χ4v) is 2.07. The maximum absolute atomic E-state index is 11.8. The molecule has 0 atom stereocenters. The van der Waals surface area contributed by atoms with Gasteiger partial charge < -0.3 is 4.74 Å². The quantitative estimate of drug-likeness (QED) is 0.647. The van der Waals surface area contributed by atoms with Gasteiger partial charge in [-0.05, 0) is 19.1 Å². The van der Waals surface area contributed by atoms with Crippen LogP contribution in [0, 0.1) is 0 Å². The highest BCUT2D eigenvalue weighted by molar-refractivity contribution is 5.98. The Kier molecular flexibility index (Phi) is 2.48. The lowest BCUT2D eigenvalue weighted by molar-refractivity contribution is 0.0528. The molecular formula is C14H12N2O2. The van der Waals surface area contributed by atoms with E-state index in [2.05, 4.69) is 5.10 Å². The van der Waals surface area contributed by atoms with Crippen LogP contribution in [0.3, 0.4) is 0 Å². The molecule has 2 heterocycles. The summed E-state index contributed by atoms with van der Waals surface area (Å²) in [6, 6.07) is 11.8. The predicted octanol–water partition coefficient (Wildman–Crippen LogP) is 2.66. The van der Waals surface area contributed by atoms with Gasteiger partial charge in [-0.15, -0.1) is 0 Å².